The standard InChI is InChI=1S/C27H50O9.C26H44O8.C22H36O8.C18H24O8.C15H29NO.2H2/c1-10-14-16-19(28)31-22-18(5)23(33-35-26(6,7)12-3)25(34-36-27(8,9)13-4)21(30)24(22)32-20(29)17-15-11-2;1-5-9-13-31-23(27)19-17-21(25(29)33-15-11-7-3)22(26(30)34-16-12-8-4)18-20(19)24(28)32-14-10-6-2;1-5-9-27-19(23)15-13-17(21(25)29-11-7-3)18(22(26)30-12-8-4)14-16(15)20(24)28-10-6-2;1-5-23-15(19)11-9-13(17(21)25-7-3)14(18(22)26-8-4)10-12(11)16(20)24-6-2;1-3-5-9-13(4-2)12-15(17)16-14-10-7-6-8-11-14;;/h18,21-25,30H,10-17H2,1-9H3;19-22H,5-18H2,1-4H3;15-18H,5-14H2,1-4H3;5-6,11-14H,1-2,7-10H2,3-4H3;13-14H,3-12H2,1-2H3,(H,16,17);2*1H. The van der Waals surface area contributed by atoms with Crippen LogP contribution >= 0.6 is 0 Å². The van der Waals surface area contributed by atoms with Gasteiger partial charge in [-0.25, -0.2) is 19.6 Å². The van der Waals surface area contributed by atoms with Gasteiger partial charge in [-0.05, 0) is 182 Å². The molecule has 19 atom stereocenters. The number of amides is 1. The maximum absolute atomic E-state index is 12.9. The molecule has 0 aromatic rings. The highest BCUT2D eigenvalue weighted by Crippen LogP contribution is 2.46. The van der Waals surface area contributed by atoms with Gasteiger partial charge in [0.05, 0.1) is 161 Å². The van der Waals surface area contributed by atoms with E-state index in [9.17, 15) is 77.0 Å². The average molecular weight is 2040 g/mol. The summed E-state index contributed by atoms with van der Waals surface area (Å²) in [6.45, 7) is 49.0. The third kappa shape index (κ3) is 49.6. The number of nitrogens with one attached hydrogen (secondary N) is 1. The van der Waals surface area contributed by atoms with E-state index < -0.39 is 202 Å². The molecule has 143 heavy (non-hydrogen) atoms. The molecule has 5 rings (SSSR count). The molecule has 19 unspecified atom stereocenters. The molecular formula is C108H187NO34. The van der Waals surface area contributed by atoms with Gasteiger partial charge in [0.15, 0.2) is 12.2 Å². The number of carbonyl (C=O) groups excluding carboxylic acids is 15. The molecule has 0 heterocycles. The highest BCUT2D eigenvalue weighted by atomic mass is 17.2. The van der Waals surface area contributed by atoms with Crippen molar-refractivity contribution in [1.82, 2.24) is 5.32 Å². The smallest absolute Gasteiger partial charge is 0.314 e. The van der Waals surface area contributed by atoms with Crippen molar-refractivity contribution >= 4 is 89.5 Å². The third-order valence-corrected chi connectivity index (χ3v) is 26.2. The summed E-state index contributed by atoms with van der Waals surface area (Å²) in [6, 6.07) is 0.472. The van der Waals surface area contributed by atoms with Crippen LogP contribution in [0.1, 0.15) is 379 Å². The highest BCUT2D eigenvalue weighted by molar-refractivity contribution is 5.91. The number of unbranched alkanes of at least 4 members (excludes halogenated alkanes) is 7. The first-order chi connectivity index (χ1) is 68.3. The summed E-state index contributed by atoms with van der Waals surface area (Å²) in [6.07, 6.45) is 21.7. The molecule has 828 valence electrons. The number of aliphatic hydroxyl groups excluding tert-OH is 1. The number of ether oxygens (including phenoxy) is 14. The van der Waals surface area contributed by atoms with Crippen LogP contribution in [0.25, 0.3) is 0 Å². The van der Waals surface area contributed by atoms with Crippen molar-refractivity contribution in [2.75, 3.05) is 66.1 Å². The summed E-state index contributed by atoms with van der Waals surface area (Å²) >= 11 is 0. The predicted molar refractivity (Wildman–Crippen MR) is 536 cm³/mol. The van der Waals surface area contributed by atoms with Crippen molar-refractivity contribution in [3.05, 3.63) is 25.7 Å². The van der Waals surface area contributed by atoms with Gasteiger partial charge in [-0.1, -0.05) is 194 Å². The maximum Gasteiger partial charge on any atom is 0.314 e. The number of rotatable bonds is 59. The zero-order valence-electron chi connectivity index (χ0n) is 90.6. The van der Waals surface area contributed by atoms with Gasteiger partial charge in [-0.3, -0.25) is 71.9 Å². The highest BCUT2D eigenvalue weighted by Gasteiger charge is 2.58. The van der Waals surface area contributed by atoms with Gasteiger partial charge in [-0.15, -0.1) is 0 Å². The Labute approximate surface area is 855 Å². The summed E-state index contributed by atoms with van der Waals surface area (Å²) in [5.74, 6) is -18.4. The Morgan fingerprint density at radius 3 is 0.881 bits per heavy atom. The van der Waals surface area contributed by atoms with Gasteiger partial charge in [0.2, 0.25) is 5.91 Å². The van der Waals surface area contributed by atoms with Crippen LogP contribution < -0.4 is 5.32 Å². The lowest BCUT2D eigenvalue weighted by Crippen LogP contribution is -2.64. The Bertz CT molecular complexity index is 3410. The summed E-state index contributed by atoms with van der Waals surface area (Å²) in [4.78, 5) is 212. The lowest BCUT2D eigenvalue weighted by molar-refractivity contribution is -0.458. The zero-order chi connectivity index (χ0) is 108. The minimum atomic E-state index is -1.39. The molecule has 0 radical (unpaired) electrons. The summed E-state index contributed by atoms with van der Waals surface area (Å²) < 4.78 is 73.9. The van der Waals surface area contributed by atoms with Crippen LogP contribution in [0.5, 0.6) is 0 Å². The minimum absolute atomic E-state index is 0. The van der Waals surface area contributed by atoms with E-state index in [2.05, 4.69) is 32.3 Å². The SMILES string of the molecule is C=COC(=O)C1CC(C(=O)OCC)C(C(=O)OCC)CC1C(=O)OC=C.CCCCC(=O)OC1C(C)C(OOC(C)(C)CC)C(OOC(C)(C)CC)C(O)C1OC(=O)CCCC.CCCCC(CC)CC(=O)NC1CCCCC1.CCCCOC(=O)C1CC(C(=O)OCCCC)C(C(=O)OCCCC)CC1C(=O)OCCCC.CCCOC(=O)C1CC(C(=O)OCCC)C(C(=O)OCCC)CC1C(=O)OCCC.[HH].[HH]. The van der Waals surface area contributed by atoms with Gasteiger partial charge >= 0.3 is 83.6 Å². The van der Waals surface area contributed by atoms with E-state index in [1.165, 1.54) is 51.4 Å². The zero-order valence-corrected chi connectivity index (χ0v) is 90.6. The van der Waals surface area contributed by atoms with E-state index in [0.717, 1.165) is 63.9 Å². The maximum atomic E-state index is 12.9. The van der Waals surface area contributed by atoms with Crippen LogP contribution in [0, 0.1) is 82.9 Å². The summed E-state index contributed by atoms with van der Waals surface area (Å²) in [5, 5.41) is 14.6. The fourth-order valence-corrected chi connectivity index (χ4v) is 16.7. The predicted octanol–water partition coefficient (Wildman–Crippen LogP) is 19.2. The van der Waals surface area contributed by atoms with Crippen molar-refractivity contribution in [2.45, 2.75) is 424 Å². The van der Waals surface area contributed by atoms with Gasteiger partial charge in [-0.2, -0.15) is 0 Å². The molecule has 0 aliphatic heterocycles. The van der Waals surface area contributed by atoms with E-state index >= 15 is 0 Å². The van der Waals surface area contributed by atoms with E-state index in [4.69, 9.17) is 85.9 Å². The fraction of sp³-hybridized carbons (Fsp3) is 0.824. The van der Waals surface area contributed by atoms with Crippen molar-refractivity contribution in [2.24, 2.45) is 82.9 Å². The monoisotopic (exact) mass is 2040 g/mol. The molecule has 35 heteroatoms. The Kier molecular flexibility index (Phi) is 70.3. The van der Waals surface area contributed by atoms with Gasteiger partial charge < -0.3 is 76.7 Å². The molecule has 0 bridgehead atoms. The second kappa shape index (κ2) is 76.0. The Hall–Kier alpha value is -8.67. The van der Waals surface area contributed by atoms with Crippen LogP contribution in [0.15, 0.2) is 25.7 Å². The second-order valence-corrected chi connectivity index (χ2v) is 38.7. The van der Waals surface area contributed by atoms with E-state index in [0.29, 0.717) is 94.9 Å². The Balaban J connectivity index is 0. The van der Waals surface area contributed by atoms with Crippen LogP contribution in [-0.4, -0.2) is 208 Å². The lowest BCUT2D eigenvalue weighted by Gasteiger charge is -2.46. The third-order valence-electron chi connectivity index (χ3n) is 26.2. The van der Waals surface area contributed by atoms with Crippen molar-refractivity contribution in [1.29, 1.82) is 0 Å². The van der Waals surface area contributed by atoms with Crippen LogP contribution in [0.3, 0.4) is 0 Å². The average Bonchev–Trinajstić information content (AvgIpc) is 0.737. The van der Waals surface area contributed by atoms with Crippen molar-refractivity contribution in [3.63, 3.8) is 0 Å². The van der Waals surface area contributed by atoms with Crippen LogP contribution in [0.2, 0.25) is 0 Å². The van der Waals surface area contributed by atoms with Gasteiger partial charge in [0.25, 0.3) is 0 Å². The lowest BCUT2D eigenvalue weighted by atomic mass is 9.68. The van der Waals surface area contributed by atoms with E-state index in [-0.39, 0.29) is 120 Å². The van der Waals surface area contributed by atoms with Gasteiger partial charge in [0.1, 0.15) is 18.3 Å². The number of carbonyl (C=O) groups is 15. The fourth-order valence-electron chi connectivity index (χ4n) is 16.7. The molecule has 35 nitrogen and oxygen atoms in total. The first-order valence-electron chi connectivity index (χ1n) is 53.6. The molecule has 0 aromatic heterocycles. The molecule has 5 fully saturated rings. The molecule has 0 saturated heterocycles. The first kappa shape index (κ1) is 132. The molecule has 0 spiro atoms. The molecular weight excluding hydrogens is 1860 g/mol. The van der Waals surface area contributed by atoms with Crippen LogP contribution in [-0.2, 0) is 158 Å². The number of hydrogen-bond acceptors (Lipinski definition) is 34. The minimum Gasteiger partial charge on any atom is -0.466 e. The molecule has 2 N–H and O–H groups in total. The second-order valence-electron chi connectivity index (χ2n) is 38.7. The van der Waals surface area contributed by atoms with E-state index in [1.54, 1.807) is 20.8 Å². The number of esters is 14. The summed E-state index contributed by atoms with van der Waals surface area (Å²) in [5.41, 5.74) is -1.23. The molecule has 5 aliphatic carbocycles. The number of aliphatic hydroxyl groups is 1. The topological polar surface area (TPSA) is 454 Å². The quantitative estimate of drug-likeness (QED) is 0.0143. The van der Waals surface area contributed by atoms with Gasteiger partial charge in [0, 0.05) is 34.1 Å². The molecule has 0 aromatic carbocycles. The van der Waals surface area contributed by atoms with Crippen molar-refractivity contribution in [3.8, 4) is 0 Å². The summed E-state index contributed by atoms with van der Waals surface area (Å²) in [7, 11) is 0. The molecule has 5 aliphatic rings. The largest absolute Gasteiger partial charge is 0.466 e. The molecule has 1 amide bonds. The van der Waals surface area contributed by atoms with E-state index in [1.807, 2.05) is 111 Å². The van der Waals surface area contributed by atoms with Crippen molar-refractivity contribution < 1.29 is 166 Å². The number of hydrogen-bond donors (Lipinski definition) is 2. The van der Waals surface area contributed by atoms with Crippen LogP contribution in [0.4, 0.5) is 0 Å². The molecule has 5 saturated carbocycles. The Morgan fingerprint density at radius 2 is 0.615 bits per heavy atom. The Morgan fingerprint density at radius 1 is 0.343 bits per heavy atom. The normalized spacial score (nSPS) is 23.7. The first-order valence-corrected chi connectivity index (χ1v) is 53.6.